The van der Waals surface area contributed by atoms with Crippen LogP contribution in [0.4, 0.5) is 0 Å². The van der Waals surface area contributed by atoms with Crippen molar-refractivity contribution in [3.63, 3.8) is 0 Å². The Morgan fingerprint density at radius 2 is 0.697 bits per heavy atom. The molecule has 0 radical (unpaired) electrons. The van der Waals surface area contributed by atoms with E-state index in [1.807, 2.05) is 24.3 Å². The first-order valence-corrected chi connectivity index (χ1v) is 35.7. The van der Waals surface area contributed by atoms with Gasteiger partial charge in [0.1, 0.15) is 23.0 Å². The van der Waals surface area contributed by atoms with E-state index in [0.717, 1.165) is 31.9 Å². The van der Waals surface area contributed by atoms with Gasteiger partial charge in [-0.15, -0.1) is 0 Å². The van der Waals surface area contributed by atoms with E-state index < -0.39 is 23.0 Å². The summed E-state index contributed by atoms with van der Waals surface area (Å²) in [5.41, 5.74) is 3.52. The molecule has 456 valence electrons. The Bertz CT molecular complexity index is 3760. The molecule has 0 aliphatic rings. The van der Waals surface area contributed by atoms with Gasteiger partial charge in [-0.2, -0.15) is 0 Å². The van der Waals surface area contributed by atoms with Crippen molar-refractivity contribution in [1.29, 1.82) is 0 Å². The van der Waals surface area contributed by atoms with Gasteiger partial charge >= 0.3 is 42.1 Å². The Morgan fingerprint density at radius 3 is 1.00 bits per heavy atom. The van der Waals surface area contributed by atoms with Gasteiger partial charge in [-0.05, 0) is 146 Å². The van der Waals surface area contributed by atoms with Crippen LogP contribution < -0.4 is 56.2 Å². The van der Waals surface area contributed by atoms with Gasteiger partial charge < -0.3 is 29.0 Å². The van der Waals surface area contributed by atoms with Gasteiger partial charge in [0.15, 0.2) is 0 Å². The summed E-state index contributed by atoms with van der Waals surface area (Å²) in [6.45, 7) is 0. The molecule has 0 aliphatic carbocycles. The molecule has 0 fully saturated rings. The van der Waals surface area contributed by atoms with Crippen LogP contribution in [0.15, 0.2) is 260 Å². The van der Waals surface area contributed by atoms with E-state index in [1.54, 1.807) is 50.9 Å². The minimum atomic E-state index is -1.51. The number of fused-ring (bicyclic) bond motifs is 2. The molecule has 0 unspecified atom stereocenters. The maximum absolute atomic E-state index is 8.91. The minimum Gasteiger partial charge on any atom is -0.0622 e. The van der Waals surface area contributed by atoms with Crippen LogP contribution in [0.5, 0.6) is 23.0 Å². The number of nitrogens with zero attached hydrogens (tertiary/aromatic N) is 4. The molecule has 0 aliphatic heterocycles. The van der Waals surface area contributed by atoms with Crippen molar-refractivity contribution in [2.75, 3.05) is 28.4 Å². The largest absolute Gasteiger partial charge is 0.0622 e. The second kappa shape index (κ2) is 37.2. The van der Waals surface area contributed by atoms with Crippen LogP contribution in [-0.4, -0.2) is 65.5 Å². The number of hydrogen-bond acceptors (Lipinski definition) is 10. The summed E-state index contributed by atoms with van der Waals surface area (Å²) in [6.07, 6.45) is 3.33. The molecule has 0 saturated heterocycles. The zero-order valence-electron chi connectivity index (χ0n) is 48.0. The van der Waals surface area contributed by atoms with E-state index in [4.69, 9.17) is 94.5 Å². The topological polar surface area (TPSA) is 129 Å². The van der Waals surface area contributed by atoms with Gasteiger partial charge in [0, 0.05) is 45.3 Å². The second-order valence-electron chi connectivity index (χ2n) is 18.3. The molecule has 0 amide bonds. The van der Waals surface area contributed by atoms with E-state index in [2.05, 4.69) is 218 Å². The number of hydrogen-bond donors (Lipinski definition) is 2. The second-order valence-corrected chi connectivity index (χ2v) is 27.5. The molecule has 12 rings (SSSR count). The Balaban J connectivity index is 0.000000159. The van der Waals surface area contributed by atoms with Crippen molar-refractivity contribution in [2.45, 2.75) is 0 Å². The predicted octanol–water partition coefficient (Wildman–Crippen LogP) is 16.0. The number of ether oxygens (including phenoxy) is 4. The fourth-order valence-corrected chi connectivity index (χ4v) is 14.2. The zero-order chi connectivity index (χ0) is 63.5. The van der Waals surface area contributed by atoms with Crippen LogP contribution in [0.3, 0.4) is 0 Å². The third kappa shape index (κ3) is 21.5. The fourth-order valence-electron chi connectivity index (χ4n) is 8.55. The Labute approximate surface area is 566 Å². The third-order valence-electron chi connectivity index (χ3n) is 12.7. The van der Waals surface area contributed by atoms with Gasteiger partial charge in [-0.1, -0.05) is 205 Å². The molecule has 0 atom stereocenters. The summed E-state index contributed by atoms with van der Waals surface area (Å²) in [7, 11) is 13.4. The minimum absolute atomic E-state index is 0.106. The predicted molar refractivity (Wildman–Crippen MR) is 377 cm³/mol. The van der Waals surface area contributed by atoms with Crippen molar-refractivity contribution in [3.05, 3.63) is 280 Å². The Hall–Kier alpha value is -6.19. The van der Waals surface area contributed by atoms with Gasteiger partial charge in [0.05, 0.1) is 49.5 Å². The van der Waals surface area contributed by atoms with Gasteiger partial charge in [0.25, 0.3) is 0 Å². The molecule has 0 bridgehead atoms. The fraction of sp³-hybridized carbons (Fsp3) is 0.0588. The summed E-state index contributed by atoms with van der Waals surface area (Å²) in [4.78, 5) is 16.1. The first-order chi connectivity index (χ1) is 43.2. The van der Waals surface area contributed by atoms with Crippen molar-refractivity contribution >= 4 is 163 Å². The number of benzene rings is 10. The van der Waals surface area contributed by atoms with Crippen LogP contribution in [-0.2, 0) is 15.9 Å². The van der Waals surface area contributed by atoms with Crippen LogP contribution >= 0.6 is 97.2 Å². The molecule has 2 heterocycles. The quantitative estimate of drug-likeness (QED) is 0.0693. The molecule has 10 aromatic carbocycles. The summed E-state index contributed by atoms with van der Waals surface area (Å²) >= 11 is 26.9. The Kier molecular flexibility index (Phi) is 29.4. The van der Waals surface area contributed by atoms with Crippen LogP contribution in [0, 0.1) is 0 Å². The van der Waals surface area contributed by atoms with Crippen LogP contribution in [0.1, 0.15) is 0 Å². The molecule has 2 aromatic heterocycles. The number of methoxy groups -OCH3 is 4. The summed E-state index contributed by atoms with van der Waals surface area (Å²) in [6, 6.07) is 82.3. The third-order valence-corrected chi connectivity index (χ3v) is 19.4. The summed E-state index contributed by atoms with van der Waals surface area (Å²) in [5, 5.41) is 29.6. The van der Waals surface area contributed by atoms with Gasteiger partial charge in [0.2, 0.25) is 10.6 Å². The molecule has 12 aromatic rings. The molecule has 10 nitrogen and oxygen atoms in total. The molecular formula is C68H56BBrCl6N4O6P2Pd. The number of halogens is 7. The first kappa shape index (κ1) is 70.3. The van der Waals surface area contributed by atoms with Crippen LogP contribution in [0.2, 0.25) is 20.6 Å². The van der Waals surface area contributed by atoms with Crippen molar-refractivity contribution < 1.29 is 44.9 Å². The average molecular weight is 1500 g/mol. The zero-order valence-corrected chi connectivity index (χ0v) is 57.5. The average Bonchev–Trinajstić information content (AvgIpc) is 2.97. The van der Waals surface area contributed by atoms with Crippen molar-refractivity contribution in [3.8, 4) is 34.1 Å². The number of aromatic nitrogens is 4. The van der Waals surface area contributed by atoms with Gasteiger partial charge in [-0.25, -0.2) is 19.9 Å². The molecule has 21 heteroatoms. The summed E-state index contributed by atoms with van der Waals surface area (Å²) < 4.78 is 21.3. The van der Waals surface area contributed by atoms with E-state index in [0.29, 0.717) is 44.0 Å². The summed E-state index contributed by atoms with van der Waals surface area (Å²) in [5.74, 6) is 2.45. The Morgan fingerprint density at radius 1 is 0.404 bits per heavy atom. The van der Waals surface area contributed by atoms with E-state index in [-0.39, 0.29) is 26.5 Å². The molecular weight excluding hydrogens is 1440 g/mol. The first-order valence-electron chi connectivity index (χ1n) is 26.7. The van der Waals surface area contributed by atoms with E-state index in [1.165, 1.54) is 58.2 Å². The standard InChI is InChI=1S/2C18H15P.C16H12Cl2N2O2.C8H11BO4.C8H3BrCl2N2.2ClH.Pd/c2*1-4-10-16(11-5-1)19(17-12-6-2-7-13-17)18-14-8-3-9-15-18;1-21-11-3-9(4-12(6-11)22-2)13-5-10-8-19-16(18)20-15(10)7-14(13)17;1-12-7-3-6(9(10)11)4-8(5-7)13-2;9-5-1-4-3-12-8(11)13-7(4)2-6(5)10;;;/h2*1-15H;3-8H,1-2H3;3-5,10-11H,1-2H3;1-3H;2*1H;/q;;;;;;;+2/p-2. The van der Waals surface area contributed by atoms with Crippen molar-refractivity contribution in [2.24, 2.45) is 0 Å². The maximum atomic E-state index is 8.91. The monoisotopic (exact) mass is 1490 g/mol. The normalized spacial score (nSPS) is 10.4. The van der Waals surface area contributed by atoms with Gasteiger partial charge in [-0.3, -0.25) is 0 Å². The number of rotatable bonds is 12. The smallest absolute Gasteiger partial charge is 0.0134 e. The van der Waals surface area contributed by atoms with E-state index >= 15 is 0 Å². The molecule has 2 N–H and O–H groups in total. The maximum Gasteiger partial charge on any atom is -0.0134 e. The molecule has 0 saturated carbocycles. The SMILES string of the molecule is COc1cc(OC)cc(-c2cc3cnc(Cl)nc3cc2Cl)c1.COc1cc(OC)cc(B(O)O)c1.Clc1ncc2cc(Br)c(Cl)cc2n1.[Cl][Pd][Cl].c1ccc(P(c2ccccc2)c2ccccc2)cc1.c1ccc(P(c2ccccc2)c2ccccc2)cc1. The van der Waals surface area contributed by atoms with E-state index in [9.17, 15) is 0 Å². The molecule has 0 spiro atoms. The van der Waals surface area contributed by atoms with Crippen LogP contribution in [0.25, 0.3) is 32.9 Å². The molecule has 89 heavy (non-hydrogen) atoms. The van der Waals surface area contributed by atoms with Crippen molar-refractivity contribution in [1.82, 2.24) is 19.9 Å².